The monoisotopic (exact) mass is 180 g/mol. The molecule has 0 fully saturated rings. The third-order valence-corrected chi connectivity index (χ3v) is 1.66. The second kappa shape index (κ2) is 4.51. The number of amides is 1. The van der Waals surface area contributed by atoms with E-state index < -0.39 is 0 Å². The lowest BCUT2D eigenvalue weighted by Gasteiger charge is -2.09. The first kappa shape index (κ1) is 9.60. The first-order valence-corrected chi connectivity index (χ1v) is 3.98. The van der Waals surface area contributed by atoms with Crippen molar-refractivity contribution < 1.29 is 4.79 Å². The van der Waals surface area contributed by atoms with Gasteiger partial charge in [-0.05, 0) is 20.0 Å². The SMILES string of the molecule is CNC(C)C(=O)Nc1ccncn1. The van der Waals surface area contributed by atoms with E-state index in [0.29, 0.717) is 5.82 Å². The highest BCUT2D eigenvalue weighted by Gasteiger charge is 2.09. The first-order valence-electron chi connectivity index (χ1n) is 3.98. The van der Waals surface area contributed by atoms with E-state index in [4.69, 9.17) is 0 Å². The summed E-state index contributed by atoms with van der Waals surface area (Å²) in [6.07, 6.45) is 2.96. The molecular formula is C8H12N4O. The standard InChI is InChI=1S/C8H12N4O/c1-6(9-2)8(13)12-7-3-4-10-5-11-7/h3-6,9H,1-2H3,(H,10,11,12,13). The van der Waals surface area contributed by atoms with E-state index in [9.17, 15) is 4.79 Å². The van der Waals surface area contributed by atoms with Crippen molar-refractivity contribution in [3.8, 4) is 0 Å². The van der Waals surface area contributed by atoms with Crippen LogP contribution in [0, 0.1) is 0 Å². The molecule has 13 heavy (non-hydrogen) atoms. The molecule has 1 atom stereocenters. The minimum atomic E-state index is -0.227. The molecule has 0 aliphatic rings. The normalized spacial score (nSPS) is 12.2. The minimum Gasteiger partial charge on any atom is -0.309 e. The Hall–Kier alpha value is -1.49. The van der Waals surface area contributed by atoms with E-state index in [0.717, 1.165) is 0 Å². The molecule has 70 valence electrons. The first-order chi connectivity index (χ1) is 6.24. The zero-order valence-electron chi connectivity index (χ0n) is 7.61. The molecule has 0 aliphatic heterocycles. The zero-order valence-corrected chi connectivity index (χ0v) is 7.61. The second-order valence-corrected chi connectivity index (χ2v) is 2.59. The van der Waals surface area contributed by atoms with Crippen LogP contribution in [-0.4, -0.2) is 29.0 Å². The Bertz CT molecular complexity index is 275. The molecule has 1 rings (SSSR count). The van der Waals surface area contributed by atoms with Gasteiger partial charge in [0.1, 0.15) is 12.1 Å². The smallest absolute Gasteiger partial charge is 0.242 e. The lowest BCUT2D eigenvalue weighted by Crippen LogP contribution is -2.35. The van der Waals surface area contributed by atoms with Gasteiger partial charge in [0.05, 0.1) is 6.04 Å². The van der Waals surface area contributed by atoms with Gasteiger partial charge in [0.2, 0.25) is 5.91 Å². The molecule has 1 heterocycles. The number of hydrogen-bond donors (Lipinski definition) is 2. The third-order valence-electron chi connectivity index (χ3n) is 1.66. The molecule has 2 N–H and O–H groups in total. The van der Waals surface area contributed by atoms with Crippen molar-refractivity contribution in [3.05, 3.63) is 18.6 Å². The quantitative estimate of drug-likeness (QED) is 0.688. The van der Waals surface area contributed by atoms with Crippen molar-refractivity contribution in [2.24, 2.45) is 0 Å². The van der Waals surface area contributed by atoms with Crippen LogP contribution in [0.3, 0.4) is 0 Å². The highest BCUT2D eigenvalue weighted by molar-refractivity contribution is 5.93. The van der Waals surface area contributed by atoms with Crippen molar-refractivity contribution in [2.45, 2.75) is 13.0 Å². The number of rotatable bonds is 3. The molecule has 0 saturated heterocycles. The lowest BCUT2D eigenvalue weighted by atomic mass is 10.3. The van der Waals surface area contributed by atoms with Gasteiger partial charge in [0, 0.05) is 6.20 Å². The van der Waals surface area contributed by atoms with Crippen LogP contribution in [0.25, 0.3) is 0 Å². The summed E-state index contributed by atoms with van der Waals surface area (Å²) in [4.78, 5) is 18.9. The minimum absolute atomic E-state index is 0.110. The number of nitrogens with one attached hydrogen (secondary N) is 2. The second-order valence-electron chi connectivity index (χ2n) is 2.59. The average molecular weight is 180 g/mol. The Morgan fingerprint density at radius 3 is 2.92 bits per heavy atom. The number of carbonyl (C=O) groups excluding carboxylic acids is 1. The summed E-state index contributed by atoms with van der Waals surface area (Å²) in [7, 11) is 1.73. The van der Waals surface area contributed by atoms with Gasteiger partial charge in [-0.15, -0.1) is 0 Å². The van der Waals surface area contributed by atoms with E-state index >= 15 is 0 Å². The summed E-state index contributed by atoms with van der Waals surface area (Å²) in [5.41, 5.74) is 0. The number of aromatic nitrogens is 2. The summed E-state index contributed by atoms with van der Waals surface area (Å²) in [6.45, 7) is 1.77. The van der Waals surface area contributed by atoms with Gasteiger partial charge < -0.3 is 10.6 Å². The molecule has 1 aromatic heterocycles. The molecule has 0 aliphatic carbocycles. The van der Waals surface area contributed by atoms with Crippen molar-refractivity contribution in [1.29, 1.82) is 0 Å². The van der Waals surface area contributed by atoms with Crippen molar-refractivity contribution in [1.82, 2.24) is 15.3 Å². The largest absolute Gasteiger partial charge is 0.309 e. The molecule has 1 amide bonds. The average Bonchev–Trinajstić information content (AvgIpc) is 2.18. The van der Waals surface area contributed by atoms with Crippen LogP contribution in [0.15, 0.2) is 18.6 Å². The Balaban J connectivity index is 2.55. The summed E-state index contributed by atoms with van der Waals surface area (Å²) < 4.78 is 0. The van der Waals surface area contributed by atoms with E-state index in [1.165, 1.54) is 6.33 Å². The molecule has 1 unspecified atom stereocenters. The highest BCUT2D eigenvalue weighted by atomic mass is 16.2. The number of anilines is 1. The van der Waals surface area contributed by atoms with Crippen LogP contribution in [0.1, 0.15) is 6.92 Å². The van der Waals surface area contributed by atoms with E-state index in [-0.39, 0.29) is 11.9 Å². The lowest BCUT2D eigenvalue weighted by molar-refractivity contribution is -0.117. The van der Waals surface area contributed by atoms with Gasteiger partial charge in [-0.2, -0.15) is 0 Å². The predicted molar refractivity (Wildman–Crippen MR) is 49.2 cm³/mol. The zero-order chi connectivity index (χ0) is 9.68. The Kier molecular flexibility index (Phi) is 3.33. The van der Waals surface area contributed by atoms with Crippen LogP contribution in [0.2, 0.25) is 0 Å². The Labute approximate surface area is 76.6 Å². The Morgan fingerprint density at radius 2 is 2.38 bits per heavy atom. The third kappa shape index (κ3) is 2.79. The van der Waals surface area contributed by atoms with E-state index in [1.54, 1.807) is 26.2 Å². The van der Waals surface area contributed by atoms with Gasteiger partial charge in [0.25, 0.3) is 0 Å². The van der Waals surface area contributed by atoms with Crippen LogP contribution in [0.4, 0.5) is 5.82 Å². The van der Waals surface area contributed by atoms with Gasteiger partial charge >= 0.3 is 0 Å². The topological polar surface area (TPSA) is 66.9 Å². The maximum atomic E-state index is 11.3. The molecule has 0 radical (unpaired) electrons. The number of hydrogen-bond acceptors (Lipinski definition) is 4. The maximum Gasteiger partial charge on any atom is 0.242 e. The molecule has 5 nitrogen and oxygen atoms in total. The molecule has 0 bridgehead atoms. The molecular weight excluding hydrogens is 168 g/mol. The van der Waals surface area contributed by atoms with Crippen LogP contribution >= 0.6 is 0 Å². The van der Waals surface area contributed by atoms with Gasteiger partial charge in [-0.25, -0.2) is 9.97 Å². The summed E-state index contributed by atoms with van der Waals surface area (Å²) in [5.74, 6) is 0.406. The molecule has 1 aromatic rings. The van der Waals surface area contributed by atoms with Crippen molar-refractivity contribution in [2.75, 3.05) is 12.4 Å². The van der Waals surface area contributed by atoms with Gasteiger partial charge in [-0.1, -0.05) is 0 Å². The molecule has 0 aromatic carbocycles. The molecule has 0 saturated carbocycles. The summed E-state index contributed by atoms with van der Waals surface area (Å²) >= 11 is 0. The predicted octanol–water partition coefficient (Wildman–Crippen LogP) is 0.0230. The number of likely N-dealkylation sites (N-methyl/N-ethyl adjacent to an activating group) is 1. The maximum absolute atomic E-state index is 11.3. The van der Waals surface area contributed by atoms with Gasteiger partial charge in [0.15, 0.2) is 0 Å². The van der Waals surface area contributed by atoms with Gasteiger partial charge in [-0.3, -0.25) is 4.79 Å². The number of carbonyl (C=O) groups is 1. The summed E-state index contributed by atoms with van der Waals surface area (Å²) in [6, 6.07) is 1.41. The fraction of sp³-hybridized carbons (Fsp3) is 0.375. The molecule has 0 spiro atoms. The van der Waals surface area contributed by atoms with E-state index in [1.807, 2.05) is 0 Å². The van der Waals surface area contributed by atoms with Crippen LogP contribution in [-0.2, 0) is 4.79 Å². The van der Waals surface area contributed by atoms with Crippen molar-refractivity contribution in [3.63, 3.8) is 0 Å². The van der Waals surface area contributed by atoms with E-state index in [2.05, 4.69) is 20.6 Å². The molecule has 5 heteroatoms. The highest BCUT2D eigenvalue weighted by Crippen LogP contribution is 1.98. The fourth-order valence-corrected chi connectivity index (χ4v) is 0.730. The number of nitrogens with zero attached hydrogens (tertiary/aromatic N) is 2. The Morgan fingerprint density at radius 1 is 1.62 bits per heavy atom. The fourth-order valence-electron chi connectivity index (χ4n) is 0.730. The van der Waals surface area contributed by atoms with Crippen molar-refractivity contribution >= 4 is 11.7 Å². The van der Waals surface area contributed by atoms with Crippen LogP contribution in [0.5, 0.6) is 0 Å². The van der Waals surface area contributed by atoms with Crippen LogP contribution < -0.4 is 10.6 Å². The summed E-state index contributed by atoms with van der Waals surface area (Å²) in [5, 5.41) is 5.47.